The number of aliphatic carboxylic acids is 1. The molecule has 2 aromatic carbocycles. The minimum absolute atomic E-state index is 0.0598. The molecule has 2 aliphatic heterocycles. The lowest BCUT2D eigenvalue weighted by atomic mass is 9.71. The van der Waals surface area contributed by atoms with Crippen molar-refractivity contribution in [1.29, 1.82) is 0 Å². The molecule has 6 rings (SSSR count). The summed E-state index contributed by atoms with van der Waals surface area (Å²) in [5, 5.41) is 17.9. The molecule has 0 amide bonds. The number of benzene rings is 2. The van der Waals surface area contributed by atoms with Crippen molar-refractivity contribution >= 4 is 29.3 Å². The van der Waals surface area contributed by atoms with Crippen LogP contribution < -0.4 is 20.7 Å². The minimum Gasteiger partial charge on any atom is -0.480 e. The molecule has 2 unspecified atom stereocenters. The molecule has 4 aromatic rings. The van der Waals surface area contributed by atoms with Crippen molar-refractivity contribution < 1.29 is 27.8 Å². The number of aromatic nitrogens is 4. The fraction of sp³-hybridized carbons (Fsp3) is 0.429. The number of nitrogen functional groups attached to an aromatic ring is 1. The Morgan fingerprint density at radius 1 is 1.10 bits per heavy atom. The van der Waals surface area contributed by atoms with Crippen molar-refractivity contribution in [2.75, 3.05) is 23.7 Å². The van der Waals surface area contributed by atoms with E-state index in [1.165, 1.54) is 16.8 Å². The third-order valence-electron chi connectivity index (χ3n) is 9.84. The lowest BCUT2D eigenvalue weighted by Crippen LogP contribution is -2.46. The quantitative estimate of drug-likeness (QED) is 0.178. The van der Waals surface area contributed by atoms with Crippen molar-refractivity contribution in [1.82, 2.24) is 25.1 Å². The first kappa shape index (κ1) is 34.5. The molecule has 4 N–H and O–H groups in total. The van der Waals surface area contributed by atoms with E-state index in [-0.39, 0.29) is 34.5 Å². The maximum absolute atomic E-state index is 14.9. The van der Waals surface area contributed by atoms with Gasteiger partial charge in [0.25, 0.3) is 0 Å². The molecule has 260 valence electrons. The zero-order chi connectivity index (χ0) is 35.2. The van der Waals surface area contributed by atoms with E-state index in [9.17, 15) is 23.1 Å². The fourth-order valence-electron chi connectivity index (χ4n) is 7.36. The standard InChI is InChI=1S/C35H39ClF3N7O3/c1-5-27-34(18-25(41-27)32(47)48)9-12-45(13-10-34)28-17-29(43-33(40)42-28)49-31(35(37,38)39)24-7-6-22(16-26(24)46-11-8-21(4)44-46)23-14-19(2)30(36)20(3)15-23/h6-8,11,14-17,25,27,31,41H,5,9-10,12-13,18H2,1-4H3,(H,47,48)(H2,40,42,43)/t25?,27?,31-/m1/s1. The van der Waals surface area contributed by atoms with Crippen LogP contribution in [-0.2, 0) is 4.79 Å². The van der Waals surface area contributed by atoms with Crippen molar-refractivity contribution in [3.8, 4) is 22.7 Å². The molecule has 2 aromatic heterocycles. The molecule has 1 spiro atoms. The van der Waals surface area contributed by atoms with Gasteiger partial charge in [-0.05, 0) is 98.4 Å². The number of nitrogens with one attached hydrogen (secondary N) is 1. The van der Waals surface area contributed by atoms with Gasteiger partial charge in [0.15, 0.2) is 0 Å². The Bertz CT molecular complexity index is 1850. The number of alkyl halides is 3. The molecular weight excluding hydrogens is 659 g/mol. The SMILES string of the molecule is CCC1NC(C(=O)O)CC12CCN(c1cc(O[C@H](c3ccc(-c4cc(C)c(Cl)c(C)c4)cc3-n3ccc(C)n3)C(F)(F)F)nc(N)n1)CC2. The van der Waals surface area contributed by atoms with Gasteiger partial charge in [0.05, 0.1) is 11.4 Å². The lowest BCUT2D eigenvalue weighted by molar-refractivity contribution is -0.198. The number of nitrogens with zero attached hydrogens (tertiary/aromatic N) is 5. The number of hydrogen-bond acceptors (Lipinski definition) is 8. The number of anilines is 2. The largest absolute Gasteiger partial charge is 0.480 e. The van der Waals surface area contributed by atoms with E-state index < -0.39 is 24.3 Å². The summed E-state index contributed by atoms with van der Waals surface area (Å²) >= 11 is 6.39. The molecule has 49 heavy (non-hydrogen) atoms. The number of piperidine rings is 1. The van der Waals surface area contributed by atoms with E-state index in [1.807, 2.05) is 37.8 Å². The maximum Gasteiger partial charge on any atom is 0.429 e. The van der Waals surface area contributed by atoms with Gasteiger partial charge in [-0.3, -0.25) is 4.79 Å². The van der Waals surface area contributed by atoms with Crippen molar-refractivity contribution in [2.45, 2.75) is 77.7 Å². The second-order valence-corrected chi connectivity index (χ2v) is 13.5. The summed E-state index contributed by atoms with van der Waals surface area (Å²) in [5.41, 5.74) is 9.70. The summed E-state index contributed by atoms with van der Waals surface area (Å²) in [6, 6.07) is 11.0. The first-order valence-electron chi connectivity index (χ1n) is 16.2. The van der Waals surface area contributed by atoms with E-state index >= 15 is 0 Å². The van der Waals surface area contributed by atoms with Crippen LogP contribution in [-0.4, -0.2) is 62.2 Å². The predicted molar refractivity (Wildman–Crippen MR) is 181 cm³/mol. The van der Waals surface area contributed by atoms with Crippen molar-refractivity contribution in [3.63, 3.8) is 0 Å². The Morgan fingerprint density at radius 3 is 2.39 bits per heavy atom. The molecule has 14 heteroatoms. The van der Waals surface area contributed by atoms with Gasteiger partial charge in [-0.25, -0.2) is 4.68 Å². The number of halogens is 4. The molecule has 0 saturated carbocycles. The van der Waals surface area contributed by atoms with E-state index in [0.29, 0.717) is 54.4 Å². The summed E-state index contributed by atoms with van der Waals surface area (Å²) in [6.07, 6.45) is -2.94. The van der Waals surface area contributed by atoms with E-state index in [0.717, 1.165) is 23.1 Å². The predicted octanol–water partition coefficient (Wildman–Crippen LogP) is 6.98. The number of carboxylic acids is 1. The number of ether oxygens (including phenoxy) is 1. The average molecular weight is 698 g/mol. The number of aryl methyl sites for hydroxylation is 3. The van der Waals surface area contributed by atoms with Crippen LogP contribution in [0.3, 0.4) is 0 Å². The van der Waals surface area contributed by atoms with Gasteiger partial charge in [0.1, 0.15) is 11.9 Å². The highest BCUT2D eigenvalue weighted by Crippen LogP contribution is 2.46. The van der Waals surface area contributed by atoms with Crippen LogP contribution in [0.25, 0.3) is 16.8 Å². The van der Waals surface area contributed by atoms with Crippen LogP contribution >= 0.6 is 11.6 Å². The van der Waals surface area contributed by atoms with Crippen LogP contribution in [0.2, 0.25) is 5.02 Å². The molecular formula is C35H39ClF3N7O3. The number of carboxylic acid groups (broad SMARTS) is 1. The van der Waals surface area contributed by atoms with Crippen molar-refractivity contribution in [2.24, 2.45) is 5.41 Å². The van der Waals surface area contributed by atoms with Gasteiger partial charge < -0.3 is 25.8 Å². The highest BCUT2D eigenvalue weighted by atomic mass is 35.5. The number of rotatable bonds is 8. The summed E-state index contributed by atoms with van der Waals surface area (Å²) < 4.78 is 51.9. The molecule has 0 aliphatic carbocycles. The Labute approximate surface area is 287 Å². The normalized spacial score (nSPS) is 19.7. The third-order valence-corrected chi connectivity index (χ3v) is 10.4. The Balaban J connectivity index is 1.32. The zero-order valence-corrected chi connectivity index (χ0v) is 28.4. The summed E-state index contributed by atoms with van der Waals surface area (Å²) in [7, 11) is 0. The fourth-order valence-corrected chi connectivity index (χ4v) is 7.46. The van der Waals surface area contributed by atoms with E-state index in [2.05, 4.69) is 20.4 Å². The van der Waals surface area contributed by atoms with Crippen LogP contribution in [0.1, 0.15) is 61.1 Å². The third kappa shape index (κ3) is 6.91. The smallest absolute Gasteiger partial charge is 0.429 e. The minimum atomic E-state index is -4.84. The van der Waals surface area contributed by atoms with Gasteiger partial charge in [0, 0.05) is 42.0 Å². The Morgan fingerprint density at radius 2 is 1.80 bits per heavy atom. The summed E-state index contributed by atoms with van der Waals surface area (Å²) in [5.74, 6) is -1.06. The molecule has 2 fully saturated rings. The molecule has 0 bridgehead atoms. The molecule has 3 atom stereocenters. The van der Waals surface area contributed by atoms with E-state index in [1.54, 1.807) is 31.3 Å². The van der Waals surface area contributed by atoms with E-state index in [4.69, 9.17) is 22.1 Å². The van der Waals surface area contributed by atoms with Crippen LogP contribution in [0, 0.1) is 26.2 Å². The highest BCUT2D eigenvalue weighted by Gasteiger charge is 2.50. The van der Waals surface area contributed by atoms with Gasteiger partial charge in [0.2, 0.25) is 17.9 Å². The molecule has 2 saturated heterocycles. The first-order chi connectivity index (χ1) is 23.2. The molecule has 4 heterocycles. The molecule has 10 nitrogen and oxygen atoms in total. The first-order valence-corrected chi connectivity index (χ1v) is 16.6. The average Bonchev–Trinajstić information content (AvgIpc) is 3.65. The monoisotopic (exact) mass is 697 g/mol. The van der Waals surface area contributed by atoms with Gasteiger partial charge >= 0.3 is 12.1 Å². The van der Waals surface area contributed by atoms with Gasteiger partial charge in [-0.15, -0.1) is 0 Å². The summed E-state index contributed by atoms with van der Waals surface area (Å²) in [6.45, 7) is 8.60. The Hall–Kier alpha value is -4.36. The number of nitrogens with two attached hydrogens (primary N) is 1. The maximum atomic E-state index is 14.9. The van der Waals surface area contributed by atoms with Gasteiger partial charge in [-0.2, -0.15) is 28.2 Å². The Kier molecular flexibility index (Phi) is 9.27. The number of carbonyl (C=O) groups is 1. The summed E-state index contributed by atoms with van der Waals surface area (Å²) in [4.78, 5) is 22.0. The van der Waals surface area contributed by atoms with Crippen molar-refractivity contribution in [3.05, 3.63) is 76.1 Å². The topological polar surface area (TPSA) is 131 Å². The molecule has 0 radical (unpaired) electrons. The second-order valence-electron chi connectivity index (χ2n) is 13.1. The van der Waals surface area contributed by atoms with Gasteiger partial charge in [-0.1, -0.05) is 30.7 Å². The van der Waals surface area contributed by atoms with Crippen LogP contribution in [0.15, 0.2) is 48.7 Å². The number of hydrogen-bond donors (Lipinski definition) is 3. The molecule has 2 aliphatic rings. The second kappa shape index (κ2) is 13.2. The lowest BCUT2D eigenvalue weighted by Gasteiger charge is -2.43. The highest BCUT2D eigenvalue weighted by molar-refractivity contribution is 6.32. The van der Waals surface area contributed by atoms with Crippen LogP contribution in [0.4, 0.5) is 24.9 Å². The zero-order valence-electron chi connectivity index (χ0n) is 27.7. The van der Waals surface area contributed by atoms with Crippen LogP contribution in [0.5, 0.6) is 5.88 Å².